The van der Waals surface area contributed by atoms with Crippen molar-refractivity contribution in [2.45, 2.75) is 12.7 Å². The molecule has 2 aromatic rings. The first-order valence-corrected chi connectivity index (χ1v) is 8.87. The summed E-state index contributed by atoms with van der Waals surface area (Å²) in [5, 5.41) is 5.45. The minimum Gasteiger partial charge on any atom is -0.452 e. The van der Waals surface area contributed by atoms with Gasteiger partial charge in [-0.05, 0) is 23.8 Å². The van der Waals surface area contributed by atoms with Crippen molar-refractivity contribution < 1.29 is 32.3 Å². The van der Waals surface area contributed by atoms with Crippen molar-refractivity contribution in [1.29, 1.82) is 0 Å². The normalized spacial score (nSPS) is 11.2. The number of nitrogens with one attached hydrogen (secondary N) is 2. The van der Waals surface area contributed by atoms with Gasteiger partial charge in [-0.3, -0.25) is 9.59 Å². The van der Waals surface area contributed by atoms with Crippen molar-refractivity contribution in [3.63, 3.8) is 0 Å². The van der Waals surface area contributed by atoms with Gasteiger partial charge in [-0.15, -0.1) is 0 Å². The van der Waals surface area contributed by atoms with E-state index in [0.717, 1.165) is 6.20 Å². The zero-order chi connectivity index (χ0) is 22.1. The molecule has 2 rings (SSSR count). The van der Waals surface area contributed by atoms with E-state index in [2.05, 4.69) is 10.6 Å². The summed E-state index contributed by atoms with van der Waals surface area (Å²) >= 11 is 5.99. The van der Waals surface area contributed by atoms with Gasteiger partial charge in [0.1, 0.15) is 0 Å². The first-order valence-electron chi connectivity index (χ1n) is 8.49. The van der Waals surface area contributed by atoms with Gasteiger partial charge in [0, 0.05) is 23.8 Å². The Morgan fingerprint density at radius 3 is 2.40 bits per heavy atom. The number of carbonyl (C=O) groups excluding carboxylic acids is 3. The van der Waals surface area contributed by atoms with E-state index in [0.29, 0.717) is 16.7 Å². The lowest BCUT2D eigenvalue weighted by Gasteiger charge is -2.10. The molecule has 10 heteroatoms. The summed E-state index contributed by atoms with van der Waals surface area (Å²) < 4.78 is 41.5. The minimum atomic E-state index is -4.99. The number of carbonyl (C=O) groups is 3. The van der Waals surface area contributed by atoms with E-state index in [4.69, 9.17) is 16.3 Å². The molecule has 0 aliphatic carbocycles. The molecule has 0 aliphatic rings. The summed E-state index contributed by atoms with van der Waals surface area (Å²) in [6.07, 6.45) is -3.93. The number of benzene rings is 2. The van der Waals surface area contributed by atoms with Crippen LogP contribution < -0.4 is 10.6 Å². The van der Waals surface area contributed by atoms with Gasteiger partial charge in [-0.25, -0.2) is 4.79 Å². The Labute approximate surface area is 174 Å². The molecule has 0 radical (unpaired) electrons. The SMILES string of the molecule is O=C(COC(=O)c1ccccc1NC=CC(=O)C(F)(F)F)NCc1ccccc1Cl. The van der Waals surface area contributed by atoms with Crippen molar-refractivity contribution in [2.24, 2.45) is 0 Å². The number of ketones is 1. The Morgan fingerprint density at radius 1 is 1.03 bits per heavy atom. The molecule has 2 N–H and O–H groups in total. The largest absolute Gasteiger partial charge is 0.454 e. The van der Waals surface area contributed by atoms with Crippen LogP contribution in [-0.4, -0.2) is 30.4 Å². The second-order valence-electron chi connectivity index (χ2n) is 5.83. The highest BCUT2D eigenvalue weighted by Crippen LogP contribution is 2.18. The fraction of sp³-hybridized carbons (Fsp3) is 0.150. The van der Waals surface area contributed by atoms with E-state index in [9.17, 15) is 27.6 Å². The number of esters is 1. The minimum absolute atomic E-state index is 0.0273. The molecule has 0 fully saturated rings. The molecule has 0 aromatic heterocycles. The lowest BCUT2D eigenvalue weighted by atomic mass is 10.2. The fourth-order valence-electron chi connectivity index (χ4n) is 2.18. The quantitative estimate of drug-likeness (QED) is 0.481. The molecular weight excluding hydrogens is 425 g/mol. The van der Waals surface area contributed by atoms with Crippen molar-refractivity contribution in [3.8, 4) is 0 Å². The maximum Gasteiger partial charge on any atom is 0.454 e. The van der Waals surface area contributed by atoms with Gasteiger partial charge >= 0.3 is 12.1 Å². The van der Waals surface area contributed by atoms with Crippen LogP contribution in [0, 0.1) is 0 Å². The van der Waals surface area contributed by atoms with E-state index in [-0.39, 0.29) is 17.8 Å². The van der Waals surface area contributed by atoms with Gasteiger partial charge in [0.05, 0.1) is 11.3 Å². The lowest BCUT2D eigenvalue weighted by molar-refractivity contribution is -0.165. The molecule has 0 aliphatic heterocycles. The third-order valence-corrected chi connectivity index (χ3v) is 4.04. The van der Waals surface area contributed by atoms with Gasteiger partial charge < -0.3 is 15.4 Å². The van der Waals surface area contributed by atoms with Crippen LogP contribution >= 0.6 is 11.6 Å². The molecule has 0 atom stereocenters. The molecule has 0 saturated carbocycles. The van der Waals surface area contributed by atoms with Crippen molar-refractivity contribution in [3.05, 3.63) is 77.0 Å². The molecule has 0 bridgehead atoms. The molecule has 0 saturated heterocycles. The molecule has 0 spiro atoms. The van der Waals surface area contributed by atoms with Gasteiger partial charge in [0.15, 0.2) is 6.61 Å². The number of anilines is 1. The topological polar surface area (TPSA) is 84.5 Å². The van der Waals surface area contributed by atoms with Crippen LogP contribution in [0.1, 0.15) is 15.9 Å². The summed E-state index contributed by atoms with van der Waals surface area (Å²) in [6.45, 7) is -0.424. The first kappa shape index (κ1) is 23.0. The summed E-state index contributed by atoms with van der Waals surface area (Å²) in [6, 6.07) is 12.7. The number of ether oxygens (including phenoxy) is 1. The molecule has 2 aromatic carbocycles. The monoisotopic (exact) mass is 440 g/mol. The molecule has 0 heterocycles. The standard InChI is InChI=1S/C20H16ClF3N2O4/c21-15-7-3-1-5-13(15)11-26-18(28)12-30-19(29)14-6-2-4-8-16(14)25-10-9-17(27)20(22,23)24/h1-10,25H,11-12H2,(H,26,28). The first-order chi connectivity index (χ1) is 14.2. The second-order valence-corrected chi connectivity index (χ2v) is 6.24. The Balaban J connectivity index is 1.91. The number of alkyl halides is 3. The van der Waals surface area contributed by atoms with E-state index in [1.54, 1.807) is 24.3 Å². The van der Waals surface area contributed by atoms with Crippen LogP contribution in [0.5, 0.6) is 0 Å². The van der Waals surface area contributed by atoms with Crippen LogP contribution in [-0.2, 0) is 20.9 Å². The molecule has 30 heavy (non-hydrogen) atoms. The Hall–Kier alpha value is -3.33. The van der Waals surface area contributed by atoms with Crippen LogP contribution in [0.25, 0.3) is 0 Å². The van der Waals surface area contributed by atoms with Gasteiger partial charge in [-0.1, -0.05) is 41.9 Å². The summed E-state index contributed by atoms with van der Waals surface area (Å²) in [7, 11) is 0. The lowest BCUT2D eigenvalue weighted by Crippen LogP contribution is -2.28. The molecule has 158 valence electrons. The zero-order valence-electron chi connectivity index (χ0n) is 15.3. The summed E-state index contributed by atoms with van der Waals surface area (Å²) in [5.41, 5.74) is 0.763. The average Bonchev–Trinajstić information content (AvgIpc) is 2.71. The second kappa shape index (κ2) is 10.4. The third-order valence-electron chi connectivity index (χ3n) is 3.67. The molecule has 1 amide bonds. The number of hydrogen-bond acceptors (Lipinski definition) is 5. The number of hydrogen-bond donors (Lipinski definition) is 2. The molecule has 0 unspecified atom stereocenters. The number of halogens is 4. The van der Waals surface area contributed by atoms with Crippen LogP contribution in [0.2, 0.25) is 5.02 Å². The van der Waals surface area contributed by atoms with E-state index >= 15 is 0 Å². The van der Waals surface area contributed by atoms with Gasteiger partial charge in [-0.2, -0.15) is 13.2 Å². The fourth-order valence-corrected chi connectivity index (χ4v) is 2.39. The van der Waals surface area contributed by atoms with Crippen molar-refractivity contribution in [2.75, 3.05) is 11.9 Å². The van der Waals surface area contributed by atoms with E-state index in [1.807, 2.05) is 0 Å². The summed E-state index contributed by atoms with van der Waals surface area (Å²) in [5.74, 6) is -3.49. The Bertz CT molecular complexity index is 961. The number of amides is 1. The highest BCUT2D eigenvalue weighted by Gasteiger charge is 2.36. The van der Waals surface area contributed by atoms with Crippen LogP contribution in [0.3, 0.4) is 0 Å². The predicted octanol–water partition coefficient (Wildman–Crippen LogP) is 3.87. The van der Waals surface area contributed by atoms with Crippen molar-refractivity contribution in [1.82, 2.24) is 5.32 Å². The van der Waals surface area contributed by atoms with Gasteiger partial charge in [0.2, 0.25) is 0 Å². The smallest absolute Gasteiger partial charge is 0.452 e. The molecular formula is C20H16ClF3N2O4. The highest BCUT2D eigenvalue weighted by molar-refractivity contribution is 6.31. The number of allylic oxidation sites excluding steroid dienone is 1. The van der Waals surface area contributed by atoms with Crippen molar-refractivity contribution >= 4 is 34.9 Å². The number of rotatable bonds is 8. The van der Waals surface area contributed by atoms with E-state index in [1.165, 1.54) is 24.3 Å². The third kappa shape index (κ3) is 6.93. The van der Waals surface area contributed by atoms with Gasteiger partial charge in [0.25, 0.3) is 11.7 Å². The Kier molecular flexibility index (Phi) is 7.99. The zero-order valence-corrected chi connectivity index (χ0v) is 16.1. The summed E-state index contributed by atoms with van der Waals surface area (Å²) in [4.78, 5) is 34.9. The predicted molar refractivity (Wildman–Crippen MR) is 104 cm³/mol. The van der Waals surface area contributed by atoms with E-state index < -0.39 is 30.4 Å². The van der Waals surface area contributed by atoms with Crippen LogP contribution in [0.15, 0.2) is 60.8 Å². The maximum atomic E-state index is 12.2. The molecule has 6 nitrogen and oxygen atoms in total. The highest BCUT2D eigenvalue weighted by atomic mass is 35.5. The number of para-hydroxylation sites is 1. The Morgan fingerprint density at radius 2 is 1.70 bits per heavy atom. The maximum absolute atomic E-state index is 12.2. The average molecular weight is 441 g/mol. The van der Waals surface area contributed by atoms with Crippen LogP contribution in [0.4, 0.5) is 18.9 Å².